The molecule has 0 aliphatic carbocycles. The second kappa shape index (κ2) is 9.87. The Morgan fingerprint density at radius 3 is 2.96 bits per heavy atom. The van der Waals surface area contributed by atoms with E-state index in [4.69, 9.17) is 11.6 Å². The third-order valence-electron chi connectivity index (χ3n) is 4.57. The van der Waals surface area contributed by atoms with Crippen LogP contribution in [0, 0.1) is 5.92 Å². The molecule has 5 nitrogen and oxygen atoms in total. The van der Waals surface area contributed by atoms with Crippen LogP contribution in [-0.4, -0.2) is 60.3 Å². The predicted molar refractivity (Wildman–Crippen MR) is 97.2 cm³/mol. The number of halogens is 1. The first kappa shape index (κ1) is 19.0. The smallest absolute Gasteiger partial charge is 0.317 e. The van der Waals surface area contributed by atoms with Crippen LogP contribution in [0.4, 0.5) is 4.79 Å². The van der Waals surface area contributed by atoms with Gasteiger partial charge in [-0.05, 0) is 43.5 Å². The Balaban J connectivity index is 1.88. The third-order valence-corrected chi connectivity index (χ3v) is 4.94. The number of aliphatic hydroxyl groups is 1. The van der Waals surface area contributed by atoms with Crippen LogP contribution in [-0.2, 0) is 6.54 Å². The third kappa shape index (κ3) is 5.65. The number of likely N-dealkylation sites (tertiary alicyclic amines) is 1. The van der Waals surface area contributed by atoms with Crippen LogP contribution in [0.15, 0.2) is 24.3 Å². The van der Waals surface area contributed by atoms with E-state index in [1.165, 1.54) is 6.42 Å². The molecule has 134 valence electrons. The first-order valence-corrected chi connectivity index (χ1v) is 9.11. The Morgan fingerprint density at radius 2 is 2.25 bits per heavy atom. The van der Waals surface area contributed by atoms with E-state index in [9.17, 15) is 9.90 Å². The normalized spacial score (nSPS) is 18.4. The molecule has 1 aromatic carbocycles. The zero-order chi connectivity index (χ0) is 17.4. The number of benzene rings is 1. The van der Waals surface area contributed by atoms with E-state index < -0.39 is 0 Å². The van der Waals surface area contributed by atoms with Crippen LogP contribution in [0.25, 0.3) is 0 Å². The van der Waals surface area contributed by atoms with Crippen molar-refractivity contribution in [1.82, 2.24) is 15.1 Å². The number of carbonyl (C=O) groups is 1. The molecule has 2 amide bonds. The number of amides is 2. The summed E-state index contributed by atoms with van der Waals surface area (Å²) in [4.78, 5) is 16.5. The fraction of sp³-hybridized carbons (Fsp3) is 0.611. The second-order valence-electron chi connectivity index (χ2n) is 6.32. The molecular weight excluding hydrogens is 326 g/mol. The molecule has 1 fully saturated rings. The molecule has 1 heterocycles. The number of nitrogens with one attached hydrogen (secondary N) is 1. The van der Waals surface area contributed by atoms with Crippen molar-refractivity contribution >= 4 is 17.6 Å². The lowest BCUT2D eigenvalue weighted by Gasteiger charge is -2.32. The van der Waals surface area contributed by atoms with Crippen molar-refractivity contribution < 1.29 is 9.90 Å². The van der Waals surface area contributed by atoms with Gasteiger partial charge in [-0.25, -0.2) is 4.79 Å². The van der Waals surface area contributed by atoms with E-state index >= 15 is 0 Å². The van der Waals surface area contributed by atoms with Crippen LogP contribution in [0.2, 0.25) is 5.02 Å². The van der Waals surface area contributed by atoms with Gasteiger partial charge in [0.05, 0.1) is 6.61 Å². The molecule has 1 aliphatic rings. The highest BCUT2D eigenvalue weighted by Gasteiger charge is 2.21. The van der Waals surface area contributed by atoms with Gasteiger partial charge in [-0.15, -0.1) is 0 Å². The summed E-state index contributed by atoms with van der Waals surface area (Å²) in [7, 11) is 0. The van der Waals surface area contributed by atoms with Crippen LogP contribution in [0.5, 0.6) is 0 Å². The maximum absolute atomic E-state index is 12.5. The number of hydrogen-bond acceptors (Lipinski definition) is 3. The largest absolute Gasteiger partial charge is 0.395 e. The van der Waals surface area contributed by atoms with Gasteiger partial charge < -0.3 is 20.2 Å². The lowest BCUT2D eigenvalue weighted by atomic mass is 9.98. The molecule has 0 saturated carbocycles. The first-order valence-electron chi connectivity index (χ1n) is 8.73. The number of piperidine rings is 1. The number of urea groups is 1. The lowest BCUT2D eigenvalue weighted by Crippen LogP contribution is -2.45. The van der Waals surface area contributed by atoms with E-state index in [0.29, 0.717) is 30.6 Å². The Morgan fingerprint density at radius 1 is 1.46 bits per heavy atom. The van der Waals surface area contributed by atoms with Crippen molar-refractivity contribution in [3.05, 3.63) is 34.9 Å². The summed E-state index contributed by atoms with van der Waals surface area (Å²) < 4.78 is 0. The van der Waals surface area contributed by atoms with Gasteiger partial charge in [0.25, 0.3) is 0 Å². The van der Waals surface area contributed by atoms with Crippen LogP contribution in [0.3, 0.4) is 0 Å². The van der Waals surface area contributed by atoms with Crippen molar-refractivity contribution in [2.24, 2.45) is 5.92 Å². The van der Waals surface area contributed by atoms with E-state index in [1.807, 2.05) is 24.3 Å². The monoisotopic (exact) mass is 353 g/mol. The number of hydrogen-bond donors (Lipinski definition) is 2. The molecule has 1 atom stereocenters. The molecule has 0 radical (unpaired) electrons. The minimum Gasteiger partial charge on any atom is -0.395 e. The maximum atomic E-state index is 12.5. The summed E-state index contributed by atoms with van der Waals surface area (Å²) in [6.07, 6.45) is 2.34. The Labute approximate surface area is 149 Å². The van der Waals surface area contributed by atoms with Gasteiger partial charge >= 0.3 is 6.03 Å². The van der Waals surface area contributed by atoms with E-state index in [2.05, 4.69) is 17.1 Å². The number of aliphatic hydroxyl groups excluding tert-OH is 1. The molecule has 1 aromatic rings. The summed E-state index contributed by atoms with van der Waals surface area (Å²) >= 11 is 6.18. The Hall–Kier alpha value is -1.30. The zero-order valence-electron chi connectivity index (χ0n) is 14.4. The first-order chi connectivity index (χ1) is 11.6. The van der Waals surface area contributed by atoms with Crippen LogP contribution >= 0.6 is 11.6 Å². The van der Waals surface area contributed by atoms with E-state index in [0.717, 1.165) is 31.6 Å². The molecule has 0 bridgehead atoms. The highest BCUT2D eigenvalue weighted by atomic mass is 35.5. The molecule has 6 heteroatoms. The molecule has 1 aliphatic heterocycles. The van der Waals surface area contributed by atoms with Gasteiger partial charge in [0.15, 0.2) is 0 Å². The molecule has 0 unspecified atom stereocenters. The van der Waals surface area contributed by atoms with Crippen LogP contribution in [0.1, 0.15) is 25.3 Å². The molecule has 2 N–H and O–H groups in total. The molecule has 0 spiro atoms. The zero-order valence-corrected chi connectivity index (χ0v) is 15.1. The van der Waals surface area contributed by atoms with E-state index in [-0.39, 0.29) is 12.6 Å². The number of rotatable bonds is 7. The average Bonchev–Trinajstić information content (AvgIpc) is 2.61. The summed E-state index contributed by atoms with van der Waals surface area (Å²) in [6, 6.07) is 7.34. The molecule has 2 rings (SSSR count). The molecular formula is C18H28ClN3O2. The number of nitrogens with zero attached hydrogens (tertiary/aromatic N) is 2. The summed E-state index contributed by atoms with van der Waals surface area (Å²) in [5.41, 5.74) is 0.887. The summed E-state index contributed by atoms with van der Waals surface area (Å²) in [5.74, 6) is 0.499. The van der Waals surface area contributed by atoms with Gasteiger partial charge in [-0.3, -0.25) is 0 Å². The van der Waals surface area contributed by atoms with E-state index in [1.54, 1.807) is 4.90 Å². The van der Waals surface area contributed by atoms with Crippen molar-refractivity contribution in [3.63, 3.8) is 0 Å². The van der Waals surface area contributed by atoms with Crippen molar-refractivity contribution in [2.75, 3.05) is 39.3 Å². The van der Waals surface area contributed by atoms with Crippen molar-refractivity contribution in [2.45, 2.75) is 26.3 Å². The van der Waals surface area contributed by atoms with Gasteiger partial charge in [0.1, 0.15) is 0 Å². The van der Waals surface area contributed by atoms with Gasteiger partial charge in [-0.1, -0.05) is 36.7 Å². The quantitative estimate of drug-likeness (QED) is 0.792. The van der Waals surface area contributed by atoms with Crippen molar-refractivity contribution in [3.8, 4) is 0 Å². The second-order valence-corrected chi connectivity index (χ2v) is 6.73. The lowest BCUT2D eigenvalue weighted by molar-refractivity contribution is 0.160. The highest BCUT2D eigenvalue weighted by Crippen LogP contribution is 2.18. The Bertz CT molecular complexity index is 527. The topological polar surface area (TPSA) is 55.8 Å². The van der Waals surface area contributed by atoms with Gasteiger partial charge in [0.2, 0.25) is 0 Å². The van der Waals surface area contributed by atoms with Crippen LogP contribution < -0.4 is 5.32 Å². The minimum atomic E-state index is -0.141. The summed E-state index contributed by atoms with van der Waals surface area (Å²) in [5, 5.41) is 12.9. The fourth-order valence-electron chi connectivity index (χ4n) is 3.15. The highest BCUT2D eigenvalue weighted by molar-refractivity contribution is 6.31. The van der Waals surface area contributed by atoms with Gasteiger partial charge in [0, 0.05) is 31.2 Å². The maximum Gasteiger partial charge on any atom is 0.317 e. The minimum absolute atomic E-state index is 0.0646. The summed E-state index contributed by atoms with van der Waals surface area (Å²) in [6.45, 7) is 6.75. The average molecular weight is 354 g/mol. The molecule has 1 saturated heterocycles. The molecule has 0 aromatic heterocycles. The molecule has 24 heavy (non-hydrogen) atoms. The Kier molecular flexibility index (Phi) is 7.82. The number of carbonyl (C=O) groups excluding carboxylic acids is 1. The fourth-order valence-corrected chi connectivity index (χ4v) is 3.35. The predicted octanol–water partition coefficient (Wildman–Crippen LogP) is 2.58. The standard InChI is InChI=1S/C18H28ClN3O2/c1-2-21-9-5-6-15(13-21)12-20-18(24)22(10-11-23)14-16-7-3-4-8-17(16)19/h3-4,7-8,15,23H,2,5-6,9-14H2,1H3,(H,20,24)/t15-/m0/s1. The SMILES string of the molecule is CCN1CCC[C@@H](CNC(=O)N(CCO)Cc2ccccc2Cl)C1. The van der Waals surface area contributed by atoms with Crippen molar-refractivity contribution in [1.29, 1.82) is 0 Å². The van der Waals surface area contributed by atoms with Gasteiger partial charge in [-0.2, -0.15) is 0 Å².